The van der Waals surface area contributed by atoms with E-state index < -0.39 is 0 Å². The molecule has 108 valence electrons. The molecular formula is C14H24ClN3O. The van der Waals surface area contributed by atoms with Gasteiger partial charge in [0.05, 0.1) is 29.1 Å². The second kappa shape index (κ2) is 6.73. The number of rotatable bonds is 6. The molecule has 1 saturated heterocycles. The van der Waals surface area contributed by atoms with Crippen molar-refractivity contribution in [1.82, 2.24) is 15.1 Å². The van der Waals surface area contributed by atoms with Gasteiger partial charge >= 0.3 is 0 Å². The van der Waals surface area contributed by atoms with E-state index in [1.54, 1.807) is 6.20 Å². The highest BCUT2D eigenvalue weighted by molar-refractivity contribution is 6.31. The van der Waals surface area contributed by atoms with Crippen LogP contribution in [-0.4, -0.2) is 29.0 Å². The lowest BCUT2D eigenvalue weighted by Gasteiger charge is -2.26. The van der Waals surface area contributed by atoms with Gasteiger partial charge in [0.25, 0.3) is 0 Å². The first-order chi connectivity index (χ1) is 9.15. The van der Waals surface area contributed by atoms with Crippen LogP contribution in [0.3, 0.4) is 0 Å². The second-order valence-electron chi connectivity index (χ2n) is 5.40. The van der Waals surface area contributed by atoms with Crippen LogP contribution >= 0.6 is 11.6 Å². The van der Waals surface area contributed by atoms with E-state index in [1.807, 2.05) is 4.68 Å². The van der Waals surface area contributed by atoms with Crippen LogP contribution in [0.25, 0.3) is 0 Å². The van der Waals surface area contributed by atoms with Crippen molar-refractivity contribution in [3.8, 4) is 0 Å². The van der Waals surface area contributed by atoms with Gasteiger partial charge in [-0.1, -0.05) is 18.5 Å². The molecule has 19 heavy (non-hydrogen) atoms. The van der Waals surface area contributed by atoms with Crippen molar-refractivity contribution < 1.29 is 4.74 Å². The predicted molar refractivity (Wildman–Crippen MR) is 77.6 cm³/mol. The average Bonchev–Trinajstić information content (AvgIpc) is 3.01. The zero-order chi connectivity index (χ0) is 13.8. The van der Waals surface area contributed by atoms with Crippen LogP contribution in [0.4, 0.5) is 0 Å². The molecule has 0 spiro atoms. The Morgan fingerprint density at radius 3 is 2.95 bits per heavy atom. The van der Waals surface area contributed by atoms with E-state index in [-0.39, 0.29) is 12.1 Å². The van der Waals surface area contributed by atoms with Crippen LogP contribution in [0.2, 0.25) is 5.02 Å². The van der Waals surface area contributed by atoms with Gasteiger partial charge in [0.2, 0.25) is 0 Å². The zero-order valence-electron chi connectivity index (χ0n) is 12.0. The Kier molecular flexibility index (Phi) is 5.25. The molecule has 0 bridgehead atoms. The first kappa shape index (κ1) is 14.8. The van der Waals surface area contributed by atoms with Crippen LogP contribution in [0.15, 0.2) is 6.20 Å². The molecule has 2 unspecified atom stereocenters. The quantitative estimate of drug-likeness (QED) is 0.871. The molecular weight excluding hydrogens is 262 g/mol. The Morgan fingerprint density at radius 2 is 2.37 bits per heavy atom. The van der Waals surface area contributed by atoms with Gasteiger partial charge in [0, 0.05) is 12.6 Å². The maximum Gasteiger partial charge on any atom is 0.0835 e. The van der Waals surface area contributed by atoms with Crippen molar-refractivity contribution in [3.05, 3.63) is 16.9 Å². The molecule has 2 rings (SSSR count). The molecule has 2 heterocycles. The lowest BCUT2D eigenvalue weighted by Crippen LogP contribution is -2.34. The molecule has 1 aliphatic rings. The minimum absolute atomic E-state index is 0.139. The van der Waals surface area contributed by atoms with E-state index in [9.17, 15) is 0 Å². The molecule has 0 saturated carbocycles. The molecule has 1 aromatic rings. The van der Waals surface area contributed by atoms with E-state index in [1.165, 1.54) is 0 Å². The van der Waals surface area contributed by atoms with Gasteiger partial charge in [-0.25, -0.2) is 0 Å². The third kappa shape index (κ3) is 3.30. The fourth-order valence-electron chi connectivity index (χ4n) is 2.62. The summed E-state index contributed by atoms with van der Waals surface area (Å²) in [6.45, 7) is 8.23. The highest BCUT2D eigenvalue weighted by Gasteiger charge is 2.31. The Morgan fingerprint density at radius 1 is 1.58 bits per heavy atom. The van der Waals surface area contributed by atoms with Gasteiger partial charge in [0.15, 0.2) is 0 Å². The van der Waals surface area contributed by atoms with Crippen LogP contribution in [0.1, 0.15) is 57.8 Å². The summed E-state index contributed by atoms with van der Waals surface area (Å²) in [6, 6.07) is 0.440. The number of nitrogens with zero attached hydrogens (tertiary/aromatic N) is 2. The van der Waals surface area contributed by atoms with E-state index >= 15 is 0 Å². The number of nitrogens with one attached hydrogen (secondary N) is 1. The minimum atomic E-state index is 0.139. The van der Waals surface area contributed by atoms with Crippen LogP contribution in [0.5, 0.6) is 0 Å². The summed E-state index contributed by atoms with van der Waals surface area (Å²) >= 11 is 6.36. The third-order valence-corrected chi connectivity index (χ3v) is 3.81. The van der Waals surface area contributed by atoms with Crippen molar-refractivity contribution in [3.63, 3.8) is 0 Å². The maximum absolute atomic E-state index is 6.36. The summed E-state index contributed by atoms with van der Waals surface area (Å²) in [5.74, 6) is 0. The fourth-order valence-corrected chi connectivity index (χ4v) is 2.87. The van der Waals surface area contributed by atoms with Crippen LogP contribution in [0, 0.1) is 0 Å². The molecule has 4 nitrogen and oxygen atoms in total. The first-order valence-electron chi connectivity index (χ1n) is 7.23. The average molecular weight is 286 g/mol. The van der Waals surface area contributed by atoms with Crippen LogP contribution in [-0.2, 0) is 4.74 Å². The van der Waals surface area contributed by atoms with E-state index in [0.717, 1.165) is 43.1 Å². The molecule has 0 radical (unpaired) electrons. The summed E-state index contributed by atoms with van der Waals surface area (Å²) in [5, 5.41) is 8.72. The molecule has 1 aliphatic heterocycles. The molecule has 5 heteroatoms. The number of hydrogen-bond acceptors (Lipinski definition) is 3. The summed E-state index contributed by atoms with van der Waals surface area (Å²) in [4.78, 5) is 0. The monoisotopic (exact) mass is 285 g/mol. The van der Waals surface area contributed by atoms with Crippen molar-refractivity contribution >= 4 is 11.6 Å². The lowest BCUT2D eigenvalue weighted by molar-refractivity contribution is 0.0751. The summed E-state index contributed by atoms with van der Waals surface area (Å²) in [5.41, 5.74) is 1.07. The Labute approximate surface area is 120 Å². The van der Waals surface area contributed by atoms with Crippen molar-refractivity contribution in [1.29, 1.82) is 0 Å². The van der Waals surface area contributed by atoms with Gasteiger partial charge in [-0.2, -0.15) is 5.10 Å². The highest BCUT2D eigenvalue weighted by Crippen LogP contribution is 2.32. The number of ether oxygens (including phenoxy) is 1. The molecule has 1 fully saturated rings. The molecule has 2 atom stereocenters. The summed E-state index contributed by atoms with van der Waals surface area (Å²) in [7, 11) is 0. The number of aromatic nitrogens is 2. The smallest absolute Gasteiger partial charge is 0.0835 e. The highest BCUT2D eigenvalue weighted by atomic mass is 35.5. The summed E-state index contributed by atoms with van der Waals surface area (Å²) < 4.78 is 7.87. The van der Waals surface area contributed by atoms with E-state index in [0.29, 0.717) is 6.04 Å². The predicted octanol–water partition coefficient (Wildman–Crippen LogP) is 3.34. The standard InChI is InChI=1S/C14H24ClN3O/c1-4-7-16-13(12-6-5-8-19-12)14-11(15)9-17-18(14)10(2)3/h9-10,12-13,16H,4-8H2,1-3H3. The van der Waals surface area contributed by atoms with Gasteiger partial charge < -0.3 is 10.1 Å². The van der Waals surface area contributed by atoms with Gasteiger partial charge in [0.1, 0.15) is 0 Å². The largest absolute Gasteiger partial charge is 0.376 e. The number of halogens is 1. The Balaban J connectivity index is 2.28. The van der Waals surface area contributed by atoms with Crippen LogP contribution < -0.4 is 5.32 Å². The van der Waals surface area contributed by atoms with Gasteiger partial charge in [-0.05, 0) is 39.7 Å². The maximum atomic E-state index is 6.36. The number of hydrogen-bond donors (Lipinski definition) is 1. The van der Waals surface area contributed by atoms with E-state index in [2.05, 4.69) is 31.2 Å². The first-order valence-corrected chi connectivity index (χ1v) is 7.60. The fraction of sp³-hybridized carbons (Fsp3) is 0.786. The normalized spacial score (nSPS) is 21.2. The topological polar surface area (TPSA) is 39.1 Å². The Hall–Kier alpha value is -0.580. The third-order valence-electron chi connectivity index (χ3n) is 3.52. The lowest BCUT2D eigenvalue weighted by atomic mass is 10.0. The SMILES string of the molecule is CCCNC(c1c(Cl)cnn1C(C)C)C1CCCO1. The molecule has 0 aliphatic carbocycles. The molecule has 1 N–H and O–H groups in total. The van der Waals surface area contributed by atoms with E-state index in [4.69, 9.17) is 16.3 Å². The zero-order valence-corrected chi connectivity index (χ0v) is 12.8. The molecule has 0 amide bonds. The second-order valence-corrected chi connectivity index (χ2v) is 5.81. The minimum Gasteiger partial charge on any atom is -0.376 e. The Bertz CT molecular complexity index is 399. The van der Waals surface area contributed by atoms with Gasteiger partial charge in [-0.3, -0.25) is 4.68 Å². The van der Waals surface area contributed by atoms with Crippen molar-refractivity contribution in [2.24, 2.45) is 0 Å². The molecule has 1 aromatic heterocycles. The summed E-state index contributed by atoms with van der Waals surface area (Å²) in [6.07, 6.45) is 5.25. The van der Waals surface area contributed by atoms with Crippen molar-refractivity contribution in [2.75, 3.05) is 13.2 Å². The molecule has 0 aromatic carbocycles. The van der Waals surface area contributed by atoms with Gasteiger partial charge in [-0.15, -0.1) is 0 Å². The van der Waals surface area contributed by atoms with Crippen molar-refractivity contribution in [2.45, 2.75) is 58.2 Å².